The normalized spacial score (nSPS) is 11.3. The molecule has 0 saturated carbocycles. The summed E-state index contributed by atoms with van der Waals surface area (Å²) in [7, 11) is 3.30. The van der Waals surface area contributed by atoms with Gasteiger partial charge in [-0.2, -0.15) is 0 Å². The molecule has 1 rings (SSSR count). The van der Waals surface area contributed by atoms with Crippen LogP contribution in [0.2, 0.25) is 0 Å². The van der Waals surface area contributed by atoms with Crippen LogP contribution in [0.15, 0.2) is 18.2 Å². The molecule has 0 spiro atoms. The first-order chi connectivity index (χ1) is 7.98. The number of rotatable bonds is 6. The van der Waals surface area contributed by atoms with E-state index in [4.69, 9.17) is 19.9 Å². The van der Waals surface area contributed by atoms with Crippen molar-refractivity contribution in [2.45, 2.75) is 25.9 Å². The first-order valence-electron chi connectivity index (χ1n) is 5.60. The van der Waals surface area contributed by atoms with Gasteiger partial charge < -0.3 is 19.9 Å². The van der Waals surface area contributed by atoms with Crippen molar-refractivity contribution in [1.82, 2.24) is 0 Å². The molecular weight excluding hydrogens is 218 g/mol. The van der Waals surface area contributed by atoms with E-state index in [0.29, 0.717) is 23.8 Å². The van der Waals surface area contributed by atoms with Gasteiger partial charge in [-0.25, -0.2) is 0 Å². The van der Waals surface area contributed by atoms with E-state index < -0.39 is 0 Å². The van der Waals surface area contributed by atoms with Crippen molar-refractivity contribution in [3.05, 3.63) is 18.2 Å². The molecule has 0 amide bonds. The highest BCUT2D eigenvalue weighted by Crippen LogP contribution is 2.29. The summed E-state index contributed by atoms with van der Waals surface area (Å²) in [6.45, 7) is 4.62. The van der Waals surface area contributed by atoms with Crippen molar-refractivity contribution in [3.8, 4) is 11.5 Å². The summed E-state index contributed by atoms with van der Waals surface area (Å²) in [4.78, 5) is 0. The number of nitrogens with two attached hydrogens (primary N) is 1. The van der Waals surface area contributed by atoms with Crippen LogP contribution in [0, 0.1) is 0 Å². The molecule has 0 saturated heterocycles. The molecule has 4 heteroatoms. The van der Waals surface area contributed by atoms with Crippen molar-refractivity contribution in [1.29, 1.82) is 0 Å². The standard InChI is InChI=1S/C13H21NO3/c1-13(2,16-4)7-8-17-11-6-5-10(14)9-12(11)15-3/h5-6,9H,7-8,14H2,1-4H3. The van der Waals surface area contributed by atoms with Crippen LogP contribution in [-0.4, -0.2) is 26.4 Å². The second kappa shape index (κ2) is 5.77. The summed E-state index contributed by atoms with van der Waals surface area (Å²) >= 11 is 0. The highest BCUT2D eigenvalue weighted by molar-refractivity contribution is 5.51. The zero-order chi connectivity index (χ0) is 12.9. The molecule has 0 unspecified atom stereocenters. The van der Waals surface area contributed by atoms with Gasteiger partial charge in [0.25, 0.3) is 0 Å². The summed E-state index contributed by atoms with van der Waals surface area (Å²) in [5, 5.41) is 0. The molecule has 0 aromatic heterocycles. The number of hydrogen-bond acceptors (Lipinski definition) is 4. The molecule has 0 heterocycles. The Morgan fingerprint density at radius 3 is 2.47 bits per heavy atom. The zero-order valence-corrected chi connectivity index (χ0v) is 10.9. The van der Waals surface area contributed by atoms with E-state index in [9.17, 15) is 0 Å². The molecule has 4 nitrogen and oxygen atoms in total. The molecule has 2 N–H and O–H groups in total. The molecule has 0 radical (unpaired) electrons. The van der Waals surface area contributed by atoms with Gasteiger partial charge in [0.2, 0.25) is 0 Å². The lowest BCUT2D eigenvalue weighted by Crippen LogP contribution is -2.25. The maximum Gasteiger partial charge on any atom is 0.162 e. The van der Waals surface area contributed by atoms with Gasteiger partial charge in [0.15, 0.2) is 11.5 Å². The molecule has 0 aliphatic rings. The molecule has 96 valence electrons. The topological polar surface area (TPSA) is 53.7 Å². The van der Waals surface area contributed by atoms with Gasteiger partial charge in [0.05, 0.1) is 19.3 Å². The fraction of sp³-hybridized carbons (Fsp3) is 0.538. The average Bonchev–Trinajstić information content (AvgIpc) is 2.30. The number of methoxy groups -OCH3 is 2. The van der Waals surface area contributed by atoms with Crippen LogP contribution >= 0.6 is 0 Å². The van der Waals surface area contributed by atoms with Crippen LogP contribution in [0.5, 0.6) is 11.5 Å². The lowest BCUT2D eigenvalue weighted by atomic mass is 10.1. The fourth-order valence-electron chi connectivity index (χ4n) is 1.31. The number of anilines is 1. The summed E-state index contributed by atoms with van der Waals surface area (Å²) in [5.74, 6) is 1.36. The van der Waals surface area contributed by atoms with Gasteiger partial charge in [-0.3, -0.25) is 0 Å². The van der Waals surface area contributed by atoms with E-state index in [1.165, 1.54) is 0 Å². The highest BCUT2D eigenvalue weighted by Gasteiger charge is 2.16. The highest BCUT2D eigenvalue weighted by atomic mass is 16.5. The van der Waals surface area contributed by atoms with Crippen LogP contribution in [0.1, 0.15) is 20.3 Å². The molecular formula is C13H21NO3. The Hall–Kier alpha value is -1.42. The minimum Gasteiger partial charge on any atom is -0.493 e. The average molecular weight is 239 g/mol. The fourth-order valence-corrected chi connectivity index (χ4v) is 1.31. The van der Waals surface area contributed by atoms with Gasteiger partial charge in [-0.15, -0.1) is 0 Å². The quantitative estimate of drug-likeness (QED) is 0.775. The Balaban J connectivity index is 2.57. The lowest BCUT2D eigenvalue weighted by molar-refractivity contribution is 0.00525. The molecule has 0 aliphatic heterocycles. The Kier molecular flexibility index (Phi) is 4.63. The van der Waals surface area contributed by atoms with Crippen LogP contribution in [-0.2, 0) is 4.74 Å². The summed E-state index contributed by atoms with van der Waals surface area (Å²) in [5.41, 5.74) is 6.15. The Morgan fingerprint density at radius 1 is 1.18 bits per heavy atom. The summed E-state index contributed by atoms with van der Waals surface area (Å²) in [6.07, 6.45) is 0.803. The van der Waals surface area contributed by atoms with E-state index in [1.807, 2.05) is 19.9 Å². The van der Waals surface area contributed by atoms with E-state index in [0.717, 1.165) is 6.42 Å². The number of hydrogen-bond donors (Lipinski definition) is 1. The maximum absolute atomic E-state index is 5.67. The minimum absolute atomic E-state index is 0.180. The molecule has 17 heavy (non-hydrogen) atoms. The lowest BCUT2D eigenvalue weighted by Gasteiger charge is -2.23. The third-order valence-electron chi connectivity index (χ3n) is 2.70. The Labute approximate surface area is 103 Å². The summed E-state index contributed by atoms with van der Waals surface area (Å²) < 4.78 is 16.2. The van der Waals surface area contributed by atoms with Crippen LogP contribution in [0.25, 0.3) is 0 Å². The second-order valence-electron chi connectivity index (χ2n) is 4.47. The van der Waals surface area contributed by atoms with Crippen molar-refractivity contribution in [2.24, 2.45) is 0 Å². The van der Waals surface area contributed by atoms with E-state index in [2.05, 4.69) is 0 Å². The zero-order valence-electron chi connectivity index (χ0n) is 10.9. The van der Waals surface area contributed by atoms with Gasteiger partial charge in [-0.1, -0.05) is 0 Å². The van der Waals surface area contributed by atoms with Crippen molar-refractivity contribution in [3.63, 3.8) is 0 Å². The summed E-state index contributed by atoms with van der Waals surface area (Å²) in [6, 6.07) is 5.35. The van der Waals surface area contributed by atoms with Gasteiger partial charge >= 0.3 is 0 Å². The van der Waals surface area contributed by atoms with Crippen LogP contribution < -0.4 is 15.2 Å². The minimum atomic E-state index is -0.180. The van der Waals surface area contributed by atoms with Crippen molar-refractivity contribution < 1.29 is 14.2 Å². The predicted molar refractivity (Wildman–Crippen MR) is 68.6 cm³/mol. The number of ether oxygens (including phenoxy) is 3. The van der Waals surface area contributed by atoms with Crippen molar-refractivity contribution in [2.75, 3.05) is 26.6 Å². The second-order valence-corrected chi connectivity index (χ2v) is 4.47. The van der Waals surface area contributed by atoms with Gasteiger partial charge in [0, 0.05) is 25.3 Å². The first-order valence-corrected chi connectivity index (χ1v) is 5.60. The predicted octanol–water partition coefficient (Wildman–Crippen LogP) is 2.47. The van der Waals surface area contributed by atoms with Gasteiger partial charge in [0.1, 0.15) is 0 Å². The smallest absolute Gasteiger partial charge is 0.162 e. The monoisotopic (exact) mass is 239 g/mol. The molecule has 0 fully saturated rings. The molecule has 0 atom stereocenters. The molecule has 0 bridgehead atoms. The van der Waals surface area contributed by atoms with E-state index >= 15 is 0 Å². The SMILES string of the molecule is COc1cc(N)ccc1OCCC(C)(C)OC. The van der Waals surface area contributed by atoms with E-state index in [1.54, 1.807) is 26.4 Å². The maximum atomic E-state index is 5.67. The largest absolute Gasteiger partial charge is 0.493 e. The third kappa shape index (κ3) is 4.15. The number of nitrogen functional groups attached to an aromatic ring is 1. The van der Waals surface area contributed by atoms with Crippen molar-refractivity contribution >= 4 is 5.69 Å². The van der Waals surface area contributed by atoms with Crippen LogP contribution in [0.3, 0.4) is 0 Å². The number of benzene rings is 1. The first kappa shape index (κ1) is 13.6. The molecule has 0 aliphatic carbocycles. The van der Waals surface area contributed by atoms with Crippen LogP contribution in [0.4, 0.5) is 5.69 Å². The third-order valence-corrected chi connectivity index (χ3v) is 2.70. The van der Waals surface area contributed by atoms with Gasteiger partial charge in [-0.05, 0) is 26.0 Å². The molecule has 1 aromatic carbocycles. The van der Waals surface area contributed by atoms with E-state index in [-0.39, 0.29) is 5.60 Å². The Morgan fingerprint density at radius 2 is 1.88 bits per heavy atom. The Bertz CT molecular complexity index is 364. The molecule has 1 aromatic rings.